The first-order valence-corrected chi connectivity index (χ1v) is 20.3. The molecular formula is C58H39N. The highest BCUT2D eigenvalue weighted by Crippen LogP contribution is 2.42. The van der Waals surface area contributed by atoms with Crippen molar-refractivity contribution in [3.63, 3.8) is 0 Å². The van der Waals surface area contributed by atoms with Crippen LogP contribution in [0.5, 0.6) is 0 Å². The van der Waals surface area contributed by atoms with Gasteiger partial charge in [0.1, 0.15) is 0 Å². The van der Waals surface area contributed by atoms with E-state index in [4.69, 9.17) is 0 Å². The van der Waals surface area contributed by atoms with Crippen molar-refractivity contribution in [1.29, 1.82) is 0 Å². The third-order valence-electron chi connectivity index (χ3n) is 11.8. The first kappa shape index (κ1) is 34.5. The van der Waals surface area contributed by atoms with Gasteiger partial charge in [0.05, 0.1) is 0 Å². The number of hydrogen-bond acceptors (Lipinski definition) is 1. The summed E-state index contributed by atoms with van der Waals surface area (Å²) in [4.78, 5) is 2.37. The molecule has 59 heavy (non-hydrogen) atoms. The second-order valence-electron chi connectivity index (χ2n) is 15.3. The zero-order valence-electron chi connectivity index (χ0n) is 32.5. The molecule has 0 aliphatic rings. The van der Waals surface area contributed by atoms with Crippen LogP contribution in [-0.2, 0) is 0 Å². The molecule has 0 spiro atoms. The van der Waals surface area contributed by atoms with Gasteiger partial charge in [-0.3, -0.25) is 0 Å². The van der Waals surface area contributed by atoms with E-state index in [0.29, 0.717) is 0 Å². The molecule has 1 heteroatoms. The predicted molar refractivity (Wildman–Crippen MR) is 253 cm³/mol. The fourth-order valence-corrected chi connectivity index (χ4v) is 8.84. The molecule has 0 aliphatic carbocycles. The van der Waals surface area contributed by atoms with Gasteiger partial charge in [-0.15, -0.1) is 0 Å². The first-order chi connectivity index (χ1) is 29.2. The number of hydrogen-bond donors (Lipinski definition) is 0. The summed E-state index contributed by atoms with van der Waals surface area (Å²) >= 11 is 0. The van der Waals surface area contributed by atoms with Crippen LogP contribution in [0, 0.1) is 0 Å². The van der Waals surface area contributed by atoms with Gasteiger partial charge in [-0.2, -0.15) is 0 Å². The molecule has 0 aliphatic heterocycles. The van der Waals surface area contributed by atoms with Crippen LogP contribution in [0.25, 0.3) is 87.6 Å². The number of rotatable bonds is 7. The Labute approximate surface area is 344 Å². The van der Waals surface area contributed by atoms with E-state index >= 15 is 0 Å². The molecule has 0 radical (unpaired) electrons. The van der Waals surface area contributed by atoms with E-state index in [9.17, 15) is 0 Å². The fraction of sp³-hybridized carbons (Fsp3) is 0. The molecule has 0 amide bonds. The monoisotopic (exact) mass is 749 g/mol. The van der Waals surface area contributed by atoms with Crippen LogP contribution in [0.4, 0.5) is 17.1 Å². The van der Waals surface area contributed by atoms with Crippen LogP contribution in [-0.4, -0.2) is 0 Å². The van der Waals surface area contributed by atoms with Gasteiger partial charge in [-0.25, -0.2) is 0 Å². The molecule has 1 nitrogen and oxygen atoms in total. The average Bonchev–Trinajstić information content (AvgIpc) is 3.32. The molecule has 0 aromatic heterocycles. The number of benzene rings is 11. The van der Waals surface area contributed by atoms with E-state index < -0.39 is 0 Å². The zero-order chi connectivity index (χ0) is 39.1. The topological polar surface area (TPSA) is 3.24 Å². The van der Waals surface area contributed by atoms with Gasteiger partial charge in [0.2, 0.25) is 0 Å². The van der Waals surface area contributed by atoms with E-state index in [-0.39, 0.29) is 0 Å². The summed E-state index contributed by atoms with van der Waals surface area (Å²) in [5.41, 5.74) is 12.9. The van der Waals surface area contributed by atoms with Crippen LogP contribution < -0.4 is 4.90 Å². The summed E-state index contributed by atoms with van der Waals surface area (Å²) in [6, 6.07) is 86.3. The van der Waals surface area contributed by atoms with Crippen LogP contribution in [0.3, 0.4) is 0 Å². The molecule has 0 heterocycles. The van der Waals surface area contributed by atoms with Crippen LogP contribution >= 0.6 is 0 Å². The number of anilines is 3. The summed E-state index contributed by atoms with van der Waals surface area (Å²) in [6.07, 6.45) is 0. The quantitative estimate of drug-likeness (QED) is 0.147. The van der Waals surface area contributed by atoms with Crippen molar-refractivity contribution >= 4 is 60.2 Å². The SMILES string of the molecule is c1ccc(-c2ccc(N(c3ccc(-c4ccc5ccccc5c4)cc3)c3cccc(-c4ccccc4-c4ccc5ccc6ccc7ccccc7c6c5c4)c3)cc2)cc1. The Balaban J connectivity index is 1.02. The lowest BCUT2D eigenvalue weighted by molar-refractivity contribution is 1.28. The van der Waals surface area contributed by atoms with E-state index in [1.165, 1.54) is 87.6 Å². The Hall–Kier alpha value is -7.74. The molecule has 276 valence electrons. The van der Waals surface area contributed by atoms with Crippen molar-refractivity contribution < 1.29 is 0 Å². The molecule has 11 aromatic carbocycles. The molecule has 11 rings (SSSR count). The maximum atomic E-state index is 2.39. The minimum Gasteiger partial charge on any atom is -0.310 e. The van der Waals surface area contributed by atoms with Gasteiger partial charge in [0.15, 0.2) is 0 Å². The molecule has 0 unspecified atom stereocenters. The second-order valence-corrected chi connectivity index (χ2v) is 15.3. The number of fused-ring (bicyclic) bond motifs is 6. The summed E-state index contributed by atoms with van der Waals surface area (Å²) < 4.78 is 0. The third-order valence-corrected chi connectivity index (χ3v) is 11.8. The minimum absolute atomic E-state index is 1.10. The highest BCUT2D eigenvalue weighted by atomic mass is 15.1. The van der Waals surface area contributed by atoms with Gasteiger partial charge in [0.25, 0.3) is 0 Å². The molecule has 11 aromatic rings. The number of nitrogens with zero attached hydrogens (tertiary/aromatic N) is 1. The van der Waals surface area contributed by atoms with Crippen molar-refractivity contribution in [2.45, 2.75) is 0 Å². The fourth-order valence-electron chi connectivity index (χ4n) is 8.84. The van der Waals surface area contributed by atoms with Crippen molar-refractivity contribution in [2.75, 3.05) is 4.90 Å². The minimum atomic E-state index is 1.10. The smallest absolute Gasteiger partial charge is 0.0467 e. The van der Waals surface area contributed by atoms with Crippen molar-refractivity contribution in [2.24, 2.45) is 0 Å². The molecule has 0 saturated carbocycles. The Kier molecular flexibility index (Phi) is 8.56. The van der Waals surface area contributed by atoms with E-state index in [1.54, 1.807) is 0 Å². The summed E-state index contributed by atoms with van der Waals surface area (Å²) in [7, 11) is 0. The van der Waals surface area contributed by atoms with Crippen molar-refractivity contribution in [3.8, 4) is 44.5 Å². The summed E-state index contributed by atoms with van der Waals surface area (Å²) in [5.74, 6) is 0. The van der Waals surface area contributed by atoms with Gasteiger partial charge < -0.3 is 4.90 Å². The van der Waals surface area contributed by atoms with Crippen LogP contribution in [0.1, 0.15) is 0 Å². The zero-order valence-corrected chi connectivity index (χ0v) is 32.5. The largest absolute Gasteiger partial charge is 0.310 e. The van der Waals surface area contributed by atoms with Gasteiger partial charge >= 0.3 is 0 Å². The molecule has 0 N–H and O–H groups in total. The Morgan fingerprint density at radius 2 is 0.695 bits per heavy atom. The van der Waals surface area contributed by atoms with E-state index in [1.807, 2.05) is 0 Å². The molecular weight excluding hydrogens is 711 g/mol. The average molecular weight is 750 g/mol. The van der Waals surface area contributed by atoms with Gasteiger partial charge in [-0.1, -0.05) is 188 Å². The third kappa shape index (κ3) is 6.40. The summed E-state index contributed by atoms with van der Waals surface area (Å²) in [6.45, 7) is 0. The molecule has 0 bridgehead atoms. The normalized spacial score (nSPS) is 11.4. The second kappa shape index (κ2) is 14.6. The van der Waals surface area contributed by atoms with Crippen LogP contribution in [0.15, 0.2) is 237 Å². The lowest BCUT2D eigenvalue weighted by atomic mass is 9.91. The van der Waals surface area contributed by atoms with Crippen LogP contribution in [0.2, 0.25) is 0 Å². The molecule has 0 fully saturated rings. The molecule has 0 atom stereocenters. The highest BCUT2D eigenvalue weighted by Gasteiger charge is 2.16. The Morgan fingerprint density at radius 1 is 0.220 bits per heavy atom. The standard InChI is InChI=1S/C58H39N/c1-2-11-40(12-3-1)42-29-33-51(34-30-42)59(52-35-31-43(32-36-52)48-27-21-41-13-4-5-15-47(41)37-48)53-17-10-16-49(38-53)54-18-8-9-19-55(54)50-28-24-45-23-26-46-25-22-44-14-6-7-20-56(44)58(46)57(45)39-50/h1-39H. The lowest BCUT2D eigenvalue weighted by Crippen LogP contribution is -2.10. The lowest BCUT2D eigenvalue weighted by Gasteiger charge is -2.26. The first-order valence-electron chi connectivity index (χ1n) is 20.3. The Morgan fingerprint density at radius 3 is 1.42 bits per heavy atom. The van der Waals surface area contributed by atoms with E-state index in [2.05, 4.69) is 241 Å². The van der Waals surface area contributed by atoms with E-state index in [0.717, 1.165) is 17.1 Å². The predicted octanol–water partition coefficient (Wildman–Crippen LogP) is 16.4. The maximum Gasteiger partial charge on any atom is 0.0467 e. The Bertz CT molecular complexity index is 3300. The van der Waals surface area contributed by atoms with Gasteiger partial charge in [-0.05, 0) is 136 Å². The highest BCUT2D eigenvalue weighted by molar-refractivity contribution is 6.20. The van der Waals surface area contributed by atoms with Gasteiger partial charge in [0, 0.05) is 17.1 Å². The summed E-state index contributed by atoms with van der Waals surface area (Å²) in [5, 5.41) is 10.1. The molecule has 0 saturated heterocycles. The maximum absolute atomic E-state index is 2.39. The van der Waals surface area contributed by atoms with Crippen molar-refractivity contribution in [1.82, 2.24) is 0 Å². The van der Waals surface area contributed by atoms with Crippen molar-refractivity contribution in [3.05, 3.63) is 237 Å².